The van der Waals surface area contributed by atoms with Gasteiger partial charge in [-0.2, -0.15) is 0 Å². The van der Waals surface area contributed by atoms with Gasteiger partial charge < -0.3 is 4.74 Å². The first-order valence-electron chi connectivity index (χ1n) is 8.05. The lowest BCUT2D eigenvalue weighted by molar-refractivity contribution is -0.175. The van der Waals surface area contributed by atoms with Crippen LogP contribution in [-0.2, 0) is 9.53 Å². The van der Waals surface area contributed by atoms with Gasteiger partial charge in [0.05, 0.1) is 5.41 Å². The van der Waals surface area contributed by atoms with Gasteiger partial charge in [0.25, 0.3) is 0 Å². The van der Waals surface area contributed by atoms with Gasteiger partial charge in [0.2, 0.25) is 0 Å². The molecule has 0 amide bonds. The SMILES string of the molecule is CCC(C)(C)C(=O)OC1(CCC(C)C)CCCCC1. The molecule has 0 unspecified atom stereocenters. The summed E-state index contributed by atoms with van der Waals surface area (Å²) in [6, 6.07) is 0. The van der Waals surface area contributed by atoms with Gasteiger partial charge in [0.1, 0.15) is 5.60 Å². The van der Waals surface area contributed by atoms with E-state index in [1.807, 2.05) is 13.8 Å². The Labute approximate surface area is 119 Å². The normalized spacial score (nSPS) is 19.5. The second-order valence-corrected chi connectivity index (χ2v) is 7.30. The second kappa shape index (κ2) is 6.76. The van der Waals surface area contributed by atoms with Gasteiger partial charge in [-0.3, -0.25) is 4.79 Å². The molecule has 2 nitrogen and oxygen atoms in total. The first kappa shape index (κ1) is 16.5. The van der Waals surface area contributed by atoms with Gasteiger partial charge in [-0.15, -0.1) is 0 Å². The number of rotatable bonds is 6. The Morgan fingerprint density at radius 3 is 2.26 bits per heavy atom. The number of hydrogen-bond donors (Lipinski definition) is 0. The van der Waals surface area contributed by atoms with E-state index in [0.29, 0.717) is 5.92 Å². The molecular formula is C17H32O2. The highest BCUT2D eigenvalue weighted by atomic mass is 16.6. The minimum absolute atomic E-state index is 0.000608. The molecule has 0 bridgehead atoms. The molecule has 0 spiro atoms. The summed E-state index contributed by atoms with van der Waals surface area (Å²) in [6.45, 7) is 10.5. The molecule has 0 aromatic carbocycles. The summed E-state index contributed by atoms with van der Waals surface area (Å²) >= 11 is 0. The Balaban J connectivity index is 2.71. The van der Waals surface area contributed by atoms with Crippen LogP contribution in [0.2, 0.25) is 0 Å². The quantitative estimate of drug-likeness (QED) is 0.626. The maximum atomic E-state index is 12.4. The van der Waals surface area contributed by atoms with E-state index in [9.17, 15) is 4.79 Å². The Hall–Kier alpha value is -0.530. The molecule has 0 N–H and O–H groups in total. The van der Waals surface area contributed by atoms with Crippen LogP contribution in [0.25, 0.3) is 0 Å². The minimum atomic E-state index is -0.345. The fourth-order valence-corrected chi connectivity index (χ4v) is 2.63. The van der Waals surface area contributed by atoms with Crippen LogP contribution in [0.1, 0.15) is 86.0 Å². The van der Waals surface area contributed by atoms with Crippen molar-refractivity contribution < 1.29 is 9.53 Å². The number of hydrogen-bond acceptors (Lipinski definition) is 2. The van der Waals surface area contributed by atoms with Gasteiger partial charge in [0.15, 0.2) is 0 Å². The fraction of sp³-hybridized carbons (Fsp3) is 0.941. The van der Waals surface area contributed by atoms with Crippen molar-refractivity contribution in [2.24, 2.45) is 11.3 Å². The first-order valence-corrected chi connectivity index (χ1v) is 8.05. The van der Waals surface area contributed by atoms with E-state index in [-0.39, 0.29) is 17.0 Å². The van der Waals surface area contributed by atoms with E-state index in [1.54, 1.807) is 0 Å². The average molecular weight is 268 g/mol. The lowest BCUT2D eigenvalue weighted by Gasteiger charge is -2.39. The zero-order valence-corrected chi connectivity index (χ0v) is 13.6. The maximum absolute atomic E-state index is 12.4. The van der Waals surface area contributed by atoms with Crippen LogP contribution in [0.4, 0.5) is 0 Å². The van der Waals surface area contributed by atoms with Crippen molar-refractivity contribution in [1.82, 2.24) is 0 Å². The van der Waals surface area contributed by atoms with Crippen molar-refractivity contribution in [3.8, 4) is 0 Å². The van der Waals surface area contributed by atoms with Gasteiger partial charge in [-0.25, -0.2) is 0 Å². The molecule has 0 aromatic heterocycles. The van der Waals surface area contributed by atoms with Gasteiger partial charge in [0, 0.05) is 0 Å². The van der Waals surface area contributed by atoms with Crippen LogP contribution in [0.5, 0.6) is 0 Å². The molecule has 0 heterocycles. The molecule has 19 heavy (non-hydrogen) atoms. The number of carbonyl (C=O) groups excluding carboxylic acids is 1. The Morgan fingerprint density at radius 1 is 1.21 bits per heavy atom. The molecule has 0 radical (unpaired) electrons. The van der Waals surface area contributed by atoms with Crippen LogP contribution in [0.15, 0.2) is 0 Å². The van der Waals surface area contributed by atoms with E-state index in [0.717, 1.165) is 32.1 Å². The molecule has 1 saturated carbocycles. The van der Waals surface area contributed by atoms with Crippen LogP contribution >= 0.6 is 0 Å². The summed E-state index contributed by atoms with van der Waals surface area (Å²) in [5.74, 6) is 0.678. The summed E-state index contributed by atoms with van der Waals surface area (Å²) in [6.07, 6.45) is 8.85. The Bertz CT molecular complexity index is 286. The molecule has 0 atom stereocenters. The molecule has 0 aromatic rings. The Morgan fingerprint density at radius 2 is 1.79 bits per heavy atom. The lowest BCUT2D eigenvalue weighted by Crippen LogP contribution is -2.41. The smallest absolute Gasteiger partial charge is 0.312 e. The maximum Gasteiger partial charge on any atom is 0.312 e. The second-order valence-electron chi connectivity index (χ2n) is 7.30. The molecule has 0 saturated heterocycles. The van der Waals surface area contributed by atoms with E-state index in [1.165, 1.54) is 19.3 Å². The number of ether oxygens (including phenoxy) is 1. The Kier molecular flexibility index (Phi) is 5.88. The highest BCUT2D eigenvalue weighted by Crippen LogP contribution is 2.38. The summed E-state index contributed by atoms with van der Waals surface area (Å²) < 4.78 is 6.05. The highest BCUT2D eigenvalue weighted by molar-refractivity contribution is 5.76. The van der Waals surface area contributed by atoms with E-state index >= 15 is 0 Å². The van der Waals surface area contributed by atoms with Crippen LogP contribution in [-0.4, -0.2) is 11.6 Å². The van der Waals surface area contributed by atoms with Crippen LogP contribution in [0, 0.1) is 11.3 Å². The first-order chi connectivity index (χ1) is 8.81. The van der Waals surface area contributed by atoms with Gasteiger partial charge in [-0.1, -0.05) is 27.2 Å². The van der Waals surface area contributed by atoms with E-state index < -0.39 is 0 Å². The standard InChI is InChI=1S/C17H32O2/c1-6-16(4,5)15(18)19-17(13-10-14(2)3)11-8-7-9-12-17/h14H,6-13H2,1-5H3. The predicted octanol–water partition coefficient (Wildman–Crippen LogP) is 5.10. The molecule has 1 aliphatic carbocycles. The lowest BCUT2D eigenvalue weighted by atomic mass is 9.79. The van der Waals surface area contributed by atoms with Gasteiger partial charge >= 0.3 is 5.97 Å². The third-order valence-corrected chi connectivity index (χ3v) is 4.69. The fourth-order valence-electron chi connectivity index (χ4n) is 2.63. The van der Waals surface area contributed by atoms with E-state index in [4.69, 9.17) is 4.74 Å². The number of esters is 1. The highest BCUT2D eigenvalue weighted by Gasteiger charge is 2.39. The monoisotopic (exact) mass is 268 g/mol. The van der Waals surface area contributed by atoms with E-state index in [2.05, 4.69) is 20.8 Å². The van der Waals surface area contributed by atoms with Gasteiger partial charge in [-0.05, 0) is 64.7 Å². The number of carbonyl (C=O) groups is 1. The third kappa shape index (κ3) is 4.81. The predicted molar refractivity (Wildman–Crippen MR) is 80.1 cm³/mol. The summed E-state index contributed by atoms with van der Waals surface area (Å²) in [5, 5.41) is 0. The molecule has 2 heteroatoms. The van der Waals surface area contributed by atoms with Crippen LogP contribution < -0.4 is 0 Å². The minimum Gasteiger partial charge on any atom is -0.459 e. The van der Waals surface area contributed by atoms with Crippen molar-refractivity contribution in [1.29, 1.82) is 0 Å². The topological polar surface area (TPSA) is 26.3 Å². The van der Waals surface area contributed by atoms with Crippen LogP contribution in [0.3, 0.4) is 0 Å². The molecule has 1 rings (SSSR count). The van der Waals surface area contributed by atoms with Crippen molar-refractivity contribution in [3.05, 3.63) is 0 Å². The molecule has 1 fully saturated rings. The molecule has 0 aliphatic heterocycles. The van der Waals surface area contributed by atoms with Crippen molar-refractivity contribution in [3.63, 3.8) is 0 Å². The van der Waals surface area contributed by atoms with Crippen molar-refractivity contribution >= 4 is 5.97 Å². The van der Waals surface area contributed by atoms with Crippen molar-refractivity contribution in [2.75, 3.05) is 0 Å². The molecular weight excluding hydrogens is 236 g/mol. The zero-order valence-electron chi connectivity index (χ0n) is 13.6. The molecule has 112 valence electrons. The summed E-state index contributed by atoms with van der Waals surface area (Å²) in [5.41, 5.74) is -0.506. The van der Waals surface area contributed by atoms with Crippen molar-refractivity contribution in [2.45, 2.75) is 91.6 Å². The average Bonchev–Trinajstić information content (AvgIpc) is 2.37. The molecule has 1 aliphatic rings. The summed E-state index contributed by atoms with van der Waals surface area (Å²) in [4.78, 5) is 12.4. The zero-order chi connectivity index (χ0) is 14.5. The third-order valence-electron chi connectivity index (χ3n) is 4.69. The largest absolute Gasteiger partial charge is 0.459 e. The summed E-state index contributed by atoms with van der Waals surface area (Å²) in [7, 11) is 0.